The van der Waals surface area contributed by atoms with Crippen molar-refractivity contribution in [3.8, 4) is 0 Å². The van der Waals surface area contributed by atoms with Gasteiger partial charge in [-0.2, -0.15) is 9.50 Å². The third kappa shape index (κ3) is 3.66. The van der Waals surface area contributed by atoms with Gasteiger partial charge in [0.15, 0.2) is 5.65 Å². The van der Waals surface area contributed by atoms with Crippen LogP contribution in [0.3, 0.4) is 0 Å². The Morgan fingerprint density at radius 3 is 2.85 bits per heavy atom. The SMILES string of the molecule is O=C(Nc1nc2cccc(NCC3CCCCC3)n2n1)c1cccnc1. The van der Waals surface area contributed by atoms with Gasteiger partial charge in [0.25, 0.3) is 5.91 Å². The van der Waals surface area contributed by atoms with Crippen molar-refractivity contribution >= 4 is 23.3 Å². The number of fused-ring (bicyclic) bond motifs is 1. The van der Waals surface area contributed by atoms with Crippen LogP contribution in [0.5, 0.6) is 0 Å². The van der Waals surface area contributed by atoms with Gasteiger partial charge in [-0.15, -0.1) is 5.10 Å². The van der Waals surface area contributed by atoms with Crippen LogP contribution in [0.1, 0.15) is 42.5 Å². The smallest absolute Gasteiger partial charge is 0.259 e. The first-order valence-electron chi connectivity index (χ1n) is 9.10. The number of hydrogen-bond donors (Lipinski definition) is 2. The summed E-state index contributed by atoms with van der Waals surface area (Å²) in [5.41, 5.74) is 1.17. The van der Waals surface area contributed by atoms with E-state index in [1.165, 1.54) is 38.3 Å². The van der Waals surface area contributed by atoms with Crippen molar-refractivity contribution in [1.82, 2.24) is 19.6 Å². The van der Waals surface area contributed by atoms with Crippen molar-refractivity contribution < 1.29 is 4.79 Å². The molecule has 3 aromatic heterocycles. The minimum Gasteiger partial charge on any atom is -0.370 e. The van der Waals surface area contributed by atoms with E-state index in [2.05, 4.69) is 25.7 Å². The number of aromatic nitrogens is 4. The van der Waals surface area contributed by atoms with Crippen LogP contribution in [0.25, 0.3) is 5.65 Å². The average molecular weight is 350 g/mol. The number of nitrogens with zero attached hydrogens (tertiary/aromatic N) is 4. The van der Waals surface area contributed by atoms with E-state index >= 15 is 0 Å². The van der Waals surface area contributed by atoms with Crippen molar-refractivity contribution in [3.05, 3.63) is 48.3 Å². The molecule has 3 aromatic rings. The maximum Gasteiger partial charge on any atom is 0.259 e. The fraction of sp³-hybridized carbons (Fsp3) is 0.368. The summed E-state index contributed by atoms with van der Waals surface area (Å²) in [5.74, 6) is 1.62. The summed E-state index contributed by atoms with van der Waals surface area (Å²) in [7, 11) is 0. The molecule has 0 bridgehead atoms. The Morgan fingerprint density at radius 2 is 2.04 bits per heavy atom. The maximum absolute atomic E-state index is 12.3. The number of carbonyl (C=O) groups is 1. The quantitative estimate of drug-likeness (QED) is 0.737. The number of nitrogens with one attached hydrogen (secondary N) is 2. The topological polar surface area (TPSA) is 84.2 Å². The molecule has 2 N–H and O–H groups in total. The van der Waals surface area contributed by atoms with Crippen LogP contribution >= 0.6 is 0 Å². The van der Waals surface area contributed by atoms with Crippen LogP contribution in [0.2, 0.25) is 0 Å². The van der Waals surface area contributed by atoms with Gasteiger partial charge in [0.05, 0.1) is 5.56 Å². The molecule has 0 aromatic carbocycles. The second kappa shape index (κ2) is 7.51. The Labute approximate surface area is 151 Å². The molecule has 0 radical (unpaired) electrons. The molecule has 7 heteroatoms. The molecule has 7 nitrogen and oxygen atoms in total. The predicted octanol–water partition coefficient (Wildman–Crippen LogP) is 3.37. The molecule has 3 heterocycles. The summed E-state index contributed by atoms with van der Waals surface area (Å²) in [5, 5.41) is 10.7. The number of amides is 1. The lowest BCUT2D eigenvalue weighted by Gasteiger charge is -2.22. The van der Waals surface area contributed by atoms with Crippen molar-refractivity contribution in [2.24, 2.45) is 5.92 Å². The molecule has 0 aliphatic heterocycles. The van der Waals surface area contributed by atoms with Gasteiger partial charge in [0.2, 0.25) is 5.95 Å². The lowest BCUT2D eigenvalue weighted by Crippen LogP contribution is -2.18. The van der Waals surface area contributed by atoms with Crippen molar-refractivity contribution in [3.63, 3.8) is 0 Å². The van der Waals surface area contributed by atoms with Gasteiger partial charge in [-0.25, -0.2) is 0 Å². The largest absolute Gasteiger partial charge is 0.370 e. The van der Waals surface area contributed by atoms with Gasteiger partial charge in [-0.1, -0.05) is 25.3 Å². The van der Waals surface area contributed by atoms with E-state index in [0.717, 1.165) is 12.4 Å². The number of pyridine rings is 2. The van der Waals surface area contributed by atoms with E-state index in [9.17, 15) is 4.79 Å². The molecule has 1 fully saturated rings. The number of carbonyl (C=O) groups excluding carboxylic acids is 1. The molecule has 0 saturated heterocycles. The first kappa shape index (κ1) is 16.5. The van der Waals surface area contributed by atoms with Gasteiger partial charge in [0, 0.05) is 18.9 Å². The van der Waals surface area contributed by atoms with E-state index in [0.29, 0.717) is 17.1 Å². The van der Waals surface area contributed by atoms with Gasteiger partial charge in [-0.3, -0.25) is 15.1 Å². The number of hydrogen-bond acceptors (Lipinski definition) is 5. The highest BCUT2D eigenvalue weighted by molar-refractivity contribution is 6.03. The molecular weight excluding hydrogens is 328 g/mol. The summed E-state index contributed by atoms with van der Waals surface area (Å²) >= 11 is 0. The number of rotatable bonds is 5. The fourth-order valence-electron chi connectivity index (χ4n) is 3.40. The van der Waals surface area contributed by atoms with Crippen LogP contribution in [0.15, 0.2) is 42.7 Å². The highest BCUT2D eigenvalue weighted by atomic mass is 16.1. The van der Waals surface area contributed by atoms with Crippen LogP contribution in [-0.2, 0) is 0 Å². The average Bonchev–Trinajstić information content (AvgIpc) is 3.11. The Kier molecular flexibility index (Phi) is 4.77. The van der Waals surface area contributed by atoms with E-state index < -0.39 is 0 Å². The third-order valence-corrected chi connectivity index (χ3v) is 4.81. The lowest BCUT2D eigenvalue weighted by atomic mass is 9.89. The van der Waals surface area contributed by atoms with Gasteiger partial charge in [0.1, 0.15) is 5.82 Å². The van der Waals surface area contributed by atoms with Gasteiger partial charge >= 0.3 is 0 Å². The zero-order valence-corrected chi connectivity index (χ0v) is 14.6. The molecular formula is C19H22N6O. The van der Waals surface area contributed by atoms with E-state index in [1.807, 2.05) is 18.2 Å². The Bertz CT molecular complexity index is 885. The molecule has 0 unspecified atom stereocenters. The molecule has 0 spiro atoms. The first-order chi connectivity index (χ1) is 12.8. The minimum atomic E-state index is -0.272. The highest BCUT2D eigenvalue weighted by Gasteiger charge is 2.15. The monoisotopic (exact) mass is 350 g/mol. The summed E-state index contributed by atoms with van der Waals surface area (Å²) < 4.78 is 1.74. The van der Waals surface area contributed by atoms with E-state index in [4.69, 9.17) is 0 Å². The Hall–Kier alpha value is -2.96. The van der Waals surface area contributed by atoms with E-state index in [1.54, 1.807) is 22.8 Å². The Morgan fingerprint density at radius 1 is 1.15 bits per heavy atom. The lowest BCUT2D eigenvalue weighted by molar-refractivity contribution is 0.102. The molecule has 26 heavy (non-hydrogen) atoms. The molecule has 1 saturated carbocycles. The van der Waals surface area contributed by atoms with Crippen molar-refractivity contribution in [2.45, 2.75) is 32.1 Å². The summed E-state index contributed by atoms with van der Waals surface area (Å²) in [6, 6.07) is 9.23. The van der Waals surface area contributed by atoms with Gasteiger partial charge in [-0.05, 0) is 43.0 Å². The van der Waals surface area contributed by atoms with Gasteiger partial charge < -0.3 is 5.32 Å². The zero-order valence-electron chi connectivity index (χ0n) is 14.6. The van der Waals surface area contributed by atoms with Crippen molar-refractivity contribution in [2.75, 3.05) is 17.2 Å². The van der Waals surface area contributed by atoms with Crippen molar-refractivity contribution in [1.29, 1.82) is 0 Å². The molecule has 1 amide bonds. The summed E-state index contributed by atoms with van der Waals surface area (Å²) in [6.07, 6.45) is 9.72. The molecule has 4 rings (SSSR count). The van der Waals surface area contributed by atoms with Crippen LogP contribution in [-0.4, -0.2) is 32.0 Å². The molecule has 1 aliphatic carbocycles. The predicted molar refractivity (Wildman–Crippen MR) is 100 cm³/mol. The Balaban J connectivity index is 1.49. The first-order valence-corrected chi connectivity index (χ1v) is 9.10. The van der Waals surface area contributed by atoms with Crippen LogP contribution < -0.4 is 10.6 Å². The summed E-state index contributed by atoms with van der Waals surface area (Å²) in [6.45, 7) is 0.941. The zero-order chi connectivity index (χ0) is 17.8. The number of anilines is 2. The summed E-state index contributed by atoms with van der Waals surface area (Å²) in [4.78, 5) is 20.6. The second-order valence-corrected chi connectivity index (χ2v) is 6.70. The van der Waals surface area contributed by atoms with E-state index in [-0.39, 0.29) is 11.9 Å². The maximum atomic E-state index is 12.3. The molecule has 1 aliphatic rings. The molecule has 134 valence electrons. The standard InChI is InChI=1S/C19H22N6O/c26-18(15-8-5-11-20-13-15)23-19-22-17-10-4-9-16(25(17)24-19)21-12-14-6-2-1-3-7-14/h4-5,8-11,13-14,21H,1-3,6-7,12H2,(H,23,24,26). The highest BCUT2D eigenvalue weighted by Crippen LogP contribution is 2.24. The van der Waals surface area contributed by atoms with Crippen LogP contribution in [0.4, 0.5) is 11.8 Å². The van der Waals surface area contributed by atoms with Crippen LogP contribution in [0, 0.1) is 5.92 Å². The fourth-order valence-corrected chi connectivity index (χ4v) is 3.40. The minimum absolute atomic E-state index is 0.272. The molecule has 0 atom stereocenters. The second-order valence-electron chi connectivity index (χ2n) is 6.70. The normalized spacial score (nSPS) is 15.1. The third-order valence-electron chi connectivity index (χ3n) is 4.81.